The first-order valence-electron chi connectivity index (χ1n) is 4.64. The summed E-state index contributed by atoms with van der Waals surface area (Å²) in [5, 5.41) is 8.68. The Hall–Kier alpha value is -2.28. The Labute approximate surface area is 93.9 Å². The Morgan fingerprint density at radius 1 is 1.56 bits per heavy atom. The molecule has 1 aromatic carbocycles. The number of amides is 1. The van der Waals surface area contributed by atoms with Crippen molar-refractivity contribution in [2.24, 2.45) is 5.73 Å². The number of rotatable bonds is 3. The minimum atomic E-state index is -0.726. The zero-order valence-corrected chi connectivity index (χ0v) is 9.15. The average molecular weight is 216 g/mol. The molecule has 2 N–H and O–H groups in total. The fraction of sp³-hybridized carbons (Fsp3) is 0.167. The molecule has 16 heavy (non-hydrogen) atoms. The molecule has 1 amide bonds. The normalized spacial score (nSPS) is 10.7. The lowest BCUT2D eigenvalue weighted by Crippen LogP contribution is -2.12. The molecule has 0 saturated carbocycles. The van der Waals surface area contributed by atoms with Crippen LogP contribution in [0.1, 0.15) is 11.1 Å². The number of hydrogen-bond donors (Lipinski definition) is 1. The Balaban J connectivity index is 3.12. The number of nitriles is 1. The van der Waals surface area contributed by atoms with Crippen molar-refractivity contribution in [1.82, 2.24) is 0 Å². The number of nitrogens with two attached hydrogens (primary N) is 1. The first kappa shape index (κ1) is 11.8. The first-order chi connectivity index (χ1) is 7.58. The average Bonchev–Trinajstić information content (AvgIpc) is 2.25. The fourth-order valence-electron chi connectivity index (χ4n) is 1.32. The Morgan fingerprint density at radius 2 is 2.25 bits per heavy atom. The van der Waals surface area contributed by atoms with Crippen molar-refractivity contribution in [2.45, 2.75) is 6.92 Å². The van der Waals surface area contributed by atoms with Gasteiger partial charge < -0.3 is 10.5 Å². The van der Waals surface area contributed by atoms with E-state index in [-0.39, 0.29) is 5.57 Å². The number of carbonyl (C=O) groups excluding carboxylic acids is 1. The third-order valence-electron chi connectivity index (χ3n) is 2.12. The molecule has 0 unspecified atom stereocenters. The van der Waals surface area contributed by atoms with Crippen LogP contribution in [0.4, 0.5) is 0 Å². The monoisotopic (exact) mass is 216 g/mol. The van der Waals surface area contributed by atoms with Crippen molar-refractivity contribution in [3.8, 4) is 11.8 Å². The van der Waals surface area contributed by atoms with Gasteiger partial charge in [0, 0.05) is 0 Å². The number of carbonyl (C=O) groups is 1. The van der Waals surface area contributed by atoms with Crippen LogP contribution in [-0.2, 0) is 4.79 Å². The number of benzene rings is 1. The maximum atomic E-state index is 10.8. The second kappa shape index (κ2) is 4.99. The lowest BCUT2D eigenvalue weighted by atomic mass is 10.1. The fourth-order valence-corrected chi connectivity index (χ4v) is 1.32. The highest BCUT2D eigenvalue weighted by molar-refractivity contribution is 6.00. The molecule has 0 atom stereocenters. The van der Waals surface area contributed by atoms with E-state index in [1.54, 1.807) is 25.3 Å². The van der Waals surface area contributed by atoms with Crippen molar-refractivity contribution in [2.75, 3.05) is 7.11 Å². The summed E-state index contributed by atoms with van der Waals surface area (Å²) in [6.45, 7) is 1.88. The van der Waals surface area contributed by atoms with Crippen molar-refractivity contribution in [1.29, 1.82) is 5.26 Å². The highest BCUT2D eigenvalue weighted by Gasteiger charge is 2.04. The van der Waals surface area contributed by atoms with Gasteiger partial charge in [-0.3, -0.25) is 4.79 Å². The molecule has 82 valence electrons. The number of primary amides is 1. The number of hydrogen-bond acceptors (Lipinski definition) is 3. The van der Waals surface area contributed by atoms with E-state index in [0.29, 0.717) is 0 Å². The molecule has 0 spiro atoms. The van der Waals surface area contributed by atoms with Crippen LogP contribution >= 0.6 is 0 Å². The number of ether oxygens (including phenoxy) is 1. The quantitative estimate of drug-likeness (QED) is 0.612. The molecule has 0 heterocycles. The summed E-state index contributed by atoms with van der Waals surface area (Å²) in [5.41, 5.74) is 6.64. The predicted molar refractivity (Wildman–Crippen MR) is 60.5 cm³/mol. The van der Waals surface area contributed by atoms with E-state index in [2.05, 4.69) is 0 Å². The second-order valence-electron chi connectivity index (χ2n) is 3.26. The van der Waals surface area contributed by atoms with Gasteiger partial charge in [-0.2, -0.15) is 5.26 Å². The van der Waals surface area contributed by atoms with Gasteiger partial charge in [-0.15, -0.1) is 0 Å². The summed E-state index contributed by atoms with van der Waals surface area (Å²) < 4.78 is 5.10. The molecule has 0 aliphatic rings. The van der Waals surface area contributed by atoms with E-state index in [9.17, 15) is 4.79 Å². The van der Waals surface area contributed by atoms with Crippen LogP contribution in [0.3, 0.4) is 0 Å². The van der Waals surface area contributed by atoms with E-state index >= 15 is 0 Å². The highest BCUT2D eigenvalue weighted by Crippen LogP contribution is 2.19. The third kappa shape index (κ3) is 2.61. The van der Waals surface area contributed by atoms with E-state index in [4.69, 9.17) is 15.7 Å². The van der Waals surface area contributed by atoms with E-state index < -0.39 is 5.91 Å². The summed E-state index contributed by atoms with van der Waals surface area (Å²) in [4.78, 5) is 10.8. The smallest absolute Gasteiger partial charge is 0.259 e. The molecule has 0 radical (unpaired) electrons. The lowest BCUT2D eigenvalue weighted by Gasteiger charge is -2.04. The van der Waals surface area contributed by atoms with Gasteiger partial charge in [0.25, 0.3) is 5.91 Å². The Kier molecular flexibility index (Phi) is 3.67. The van der Waals surface area contributed by atoms with E-state index in [1.165, 1.54) is 6.08 Å². The van der Waals surface area contributed by atoms with Crippen molar-refractivity contribution >= 4 is 12.0 Å². The predicted octanol–water partition coefficient (Wildman–Crippen LogP) is 1.40. The topological polar surface area (TPSA) is 76.1 Å². The maximum Gasteiger partial charge on any atom is 0.259 e. The molecule has 0 aromatic heterocycles. The SMILES string of the molecule is COc1ccc(/C=C(\C#N)C(N)=O)cc1C. The van der Waals surface area contributed by atoms with Gasteiger partial charge in [-0.05, 0) is 36.3 Å². The van der Waals surface area contributed by atoms with Crippen molar-refractivity contribution in [3.05, 3.63) is 34.9 Å². The van der Waals surface area contributed by atoms with Crippen LogP contribution in [0.5, 0.6) is 5.75 Å². The number of nitrogens with zero attached hydrogens (tertiary/aromatic N) is 1. The van der Waals surface area contributed by atoms with Crippen LogP contribution in [0.15, 0.2) is 23.8 Å². The molecule has 0 bridgehead atoms. The van der Waals surface area contributed by atoms with Gasteiger partial charge in [0.05, 0.1) is 7.11 Å². The van der Waals surface area contributed by atoms with Gasteiger partial charge in [0.15, 0.2) is 0 Å². The summed E-state index contributed by atoms with van der Waals surface area (Å²) in [6.07, 6.45) is 1.45. The zero-order chi connectivity index (χ0) is 12.1. The molecule has 1 rings (SSSR count). The molecular weight excluding hydrogens is 204 g/mol. The maximum absolute atomic E-state index is 10.8. The van der Waals surface area contributed by atoms with Gasteiger partial charge in [0.2, 0.25) is 0 Å². The van der Waals surface area contributed by atoms with Crippen LogP contribution in [0.25, 0.3) is 6.08 Å². The molecule has 0 saturated heterocycles. The van der Waals surface area contributed by atoms with Gasteiger partial charge in [0.1, 0.15) is 17.4 Å². The van der Waals surface area contributed by atoms with Crippen LogP contribution in [0, 0.1) is 18.3 Å². The third-order valence-corrected chi connectivity index (χ3v) is 2.12. The molecular formula is C12H12N2O2. The minimum Gasteiger partial charge on any atom is -0.496 e. The summed E-state index contributed by atoms with van der Waals surface area (Å²) in [5.74, 6) is 0.0331. The molecule has 1 aromatic rings. The lowest BCUT2D eigenvalue weighted by molar-refractivity contribution is -0.114. The van der Waals surface area contributed by atoms with Gasteiger partial charge >= 0.3 is 0 Å². The van der Waals surface area contributed by atoms with E-state index in [1.807, 2.05) is 13.0 Å². The molecule has 0 aliphatic carbocycles. The summed E-state index contributed by atoms with van der Waals surface area (Å²) in [6, 6.07) is 7.10. The number of aryl methyl sites for hydroxylation is 1. The molecule has 0 fully saturated rings. The summed E-state index contributed by atoms with van der Waals surface area (Å²) in [7, 11) is 1.59. The summed E-state index contributed by atoms with van der Waals surface area (Å²) >= 11 is 0. The van der Waals surface area contributed by atoms with Crippen molar-refractivity contribution < 1.29 is 9.53 Å². The largest absolute Gasteiger partial charge is 0.496 e. The minimum absolute atomic E-state index is 0.0652. The van der Waals surface area contributed by atoms with Crippen LogP contribution in [-0.4, -0.2) is 13.0 Å². The Morgan fingerprint density at radius 3 is 2.69 bits per heavy atom. The van der Waals surface area contributed by atoms with Crippen LogP contribution < -0.4 is 10.5 Å². The second-order valence-corrected chi connectivity index (χ2v) is 3.26. The Bertz CT molecular complexity index is 484. The zero-order valence-electron chi connectivity index (χ0n) is 9.15. The van der Waals surface area contributed by atoms with Gasteiger partial charge in [-0.1, -0.05) is 6.07 Å². The molecule has 0 aliphatic heterocycles. The van der Waals surface area contributed by atoms with Gasteiger partial charge in [-0.25, -0.2) is 0 Å². The molecule has 4 nitrogen and oxygen atoms in total. The van der Waals surface area contributed by atoms with Crippen molar-refractivity contribution in [3.63, 3.8) is 0 Å². The first-order valence-corrected chi connectivity index (χ1v) is 4.64. The standard InChI is InChI=1S/C12H12N2O2/c1-8-5-9(3-4-11(8)16-2)6-10(7-13)12(14)15/h3-6H,1-2H3,(H2,14,15)/b10-6+. The highest BCUT2D eigenvalue weighted by atomic mass is 16.5. The molecule has 4 heteroatoms. The number of methoxy groups -OCH3 is 1. The van der Waals surface area contributed by atoms with E-state index in [0.717, 1.165) is 16.9 Å². The van der Waals surface area contributed by atoms with Crippen LogP contribution in [0.2, 0.25) is 0 Å².